The molecule has 0 aliphatic heterocycles. The van der Waals surface area contributed by atoms with E-state index in [0.29, 0.717) is 31.6 Å². The number of carbonyl (C=O) groups is 4. The fourth-order valence-corrected chi connectivity index (χ4v) is 15.9. The van der Waals surface area contributed by atoms with Crippen LogP contribution in [0.25, 0.3) is 0 Å². The Bertz CT molecular complexity index is 2080. The van der Waals surface area contributed by atoms with Crippen LogP contribution in [0.3, 0.4) is 0 Å². The van der Waals surface area contributed by atoms with Gasteiger partial charge < -0.3 is 33.8 Å². The molecule has 0 saturated carbocycles. The molecule has 5 atom stereocenters. The minimum absolute atomic E-state index is 0.109. The van der Waals surface area contributed by atoms with E-state index in [0.717, 1.165) is 96.3 Å². The van der Waals surface area contributed by atoms with Gasteiger partial charge in [-0.25, -0.2) is 9.13 Å². The third-order valence-corrected chi connectivity index (χ3v) is 23.4. The topological polar surface area (TPSA) is 237 Å². The molecule has 0 saturated heterocycles. The lowest BCUT2D eigenvalue weighted by Crippen LogP contribution is -2.30. The molecule has 0 rings (SSSR count). The van der Waals surface area contributed by atoms with Crippen LogP contribution in [0.1, 0.15) is 497 Å². The van der Waals surface area contributed by atoms with Crippen molar-refractivity contribution in [2.45, 2.75) is 515 Å². The first-order valence-corrected chi connectivity index (χ1v) is 50.1. The van der Waals surface area contributed by atoms with Crippen LogP contribution >= 0.6 is 15.6 Å². The van der Waals surface area contributed by atoms with E-state index in [-0.39, 0.29) is 25.7 Å². The van der Waals surface area contributed by atoms with E-state index in [4.69, 9.17) is 37.0 Å². The highest BCUT2D eigenvalue weighted by Gasteiger charge is 2.31. The first-order valence-electron chi connectivity index (χ1n) is 47.1. The van der Waals surface area contributed by atoms with Crippen molar-refractivity contribution in [2.75, 3.05) is 39.6 Å². The fraction of sp³-hybridized carbons (Fsp3) is 0.956. The molecular formula is C91H178O17P2. The highest BCUT2D eigenvalue weighted by atomic mass is 31.2. The molecule has 0 aromatic carbocycles. The van der Waals surface area contributed by atoms with E-state index < -0.39 is 97.5 Å². The second kappa shape index (κ2) is 83.5. The molecule has 110 heavy (non-hydrogen) atoms. The third kappa shape index (κ3) is 84.0. The summed E-state index contributed by atoms with van der Waals surface area (Å²) in [5, 5.41) is 10.7. The van der Waals surface area contributed by atoms with E-state index >= 15 is 0 Å². The van der Waals surface area contributed by atoms with Crippen LogP contribution in [-0.4, -0.2) is 96.7 Å². The summed E-state index contributed by atoms with van der Waals surface area (Å²) in [7, 11) is -9.93. The standard InChI is InChI=1S/C91H178O17P2/c1-6-9-12-15-18-21-24-27-30-33-36-39-42-45-48-51-54-59-64-69-74-88(93)101-80-86(107-90(95)76-71-66-60-55-52-49-46-43-40-37-34-31-28-25-22-19-16-13-10-7-2)82-105-109(97,98)103-78-85(92)79-104-110(99,100)106-83-87(81-102-89(94)75-70-65-62-57-58-63-68-73-84(4)5)108-91(96)77-72-67-61-56-53-50-47-44-41-38-35-32-29-26-23-20-17-14-11-8-3/h84-87,92H,6-83H2,1-5H3,(H,97,98)(H,99,100)/t85-,86-,87-/m1/s1. The number of hydrogen-bond donors (Lipinski definition) is 3. The van der Waals surface area contributed by atoms with E-state index in [1.165, 1.54) is 315 Å². The lowest BCUT2D eigenvalue weighted by molar-refractivity contribution is -0.161. The molecule has 0 bridgehead atoms. The molecule has 0 spiro atoms. The number of aliphatic hydroxyl groups is 1. The van der Waals surface area contributed by atoms with Crippen LogP contribution in [0.5, 0.6) is 0 Å². The molecule has 0 aromatic heterocycles. The van der Waals surface area contributed by atoms with Gasteiger partial charge in [0.15, 0.2) is 12.2 Å². The maximum absolute atomic E-state index is 13.2. The summed E-state index contributed by atoms with van der Waals surface area (Å²) in [5.74, 6) is -1.39. The fourth-order valence-electron chi connectivity index (χ4n) is 14.4. The number of phosphoric acid groups is 2. The van der Waals surface area contributed by atoms with Crippen LogP contribution in [0.4, 0.5) is 0 Å². The quantitative estimate of drug-likeness (QED) is 0.0222. The summed E-state index contributed by atoms with van der Waals surface area (Å²) in [6.07, 6.45) is 79.5. The number of phosphoric ester groups is 2. The predicted octanol–water partition coefficient (Wildman–Crippen LogP) is 28.3. The van der Waals surface area contributed by atoms with Gasteiger partial charge >= 0.3 is 39.5 Å². The van der Waals surface area contributed by atoms with Crippen LogP contribution in [0.2, 0.25) is 0 Å². The summed E-state index contributed by atoms with van der Waals surface area (Å²) >= 11 is 0. The number of esters is 4. The minimum atomic E-state index is -4.97. The van der Waals surface area contributed by atoms with Crippen LogP contribution < -0.4 is 0 Å². The molecule has 0 aliphatic rings. The molecule has 0 radical (unpaired) electrons. The maximum atomic E-state index is 13.2. The van der Waals surface area contributed by atoms with Gasteiger partial charge in [-0.05, 0) is 31.6 Å². The van der Waals surface area contributed by atoms with Gasteiger partial charge in [0, 0.05) is 25.7 Å². The Morgan fingerprint density at radius 2 is 0.418 bits per heavy atom. The van der Waals surface area contributed by atoms with Crippen LogP contribution in [-0.2, 0) is 65.4 Å². The lowest BCUT2D eigenvalue weighted by atomic mass is 10.0. The van der Waals surface area contributed by atoms with E-state index in [2.05, 4.69) is 34.6 Å². The molecule has 0 aromatic rings. The minimum Gasteiger partial charge on any atom is -0.462 e. The summed E-state index contributed by atoms with van der Waals surface area (Å²) in [6.45, 7) is 7.34. The van der Waals surface area contributed by atoms with Gasteiger partial charge in [-0.2, -0.15) is 0 Å². The van der Waals surface area contributed by atoms with E-state index in [1.54, 1.807) is 0 Å². The monoisotopic (exact) mass is 1610 g/mol. The average Bonchev–Trinajstić information content (AvgIpc) is 0.897. The van der Waals surface area contributed by atoms with Crippen molar-refractivity contribution in [3.05, 3.63) is 0 Å². The molecule has 3 N–H and O–H groups in total. The number of hydrogen-bond acceptors (Lipinski definition) is 15. The van der Waals surface area contributed by atoms with Crippen molar-refractivity contribution in [1.82, 2.24) is 0 Å². The van der Waals surface area contributed by atoms with Gasteiger partial charge in [0.25, 0.3) is 0 Å². The molecule has 0 amide bonds. The molecule has 2 unspecified atom stereocenters. The normalized spacial score (nSPS) is 13.7. The van der Waals surface area contributed by atoms with Crippen LogP contribution in [0.15, 0.2) is 0 Å². The van der Waals surface area contributed by atoms with E-state index in [1.807, 2.05) is 0 Å². The zero-order valence-corrected chi connectivity index (χ0v) is 74.2. The number of carbonyl (C=O) groups excluding carboxylic acids is 4. The number of ether oxygens (including phenoxy) is 4. The first-order chi connectivity index (χ1) is 53.5. The summed E-state index contributed by atoms with van der Waals surface area (Å²) < 4.78 is 69.0. The van der Waals surface area contributed by atoms with Gasteiger partial charge in [-0.1, -0.05) is 446 Å². The van der Waals surface area contributed by atoms with Gasteiger partial charge in [0.1, 0.15) is 19.3 Å². The molecule has 19 heteroatoms. The van der Waals surface area contributed by atoms with Gasteiger partial charge in [-0.15, -0.1) is 0 Å². The summed E-state index contributed by atoms with van der Waals surface area (Å²) in [5.41, 5.74) is 0. The zero-order chi connectivity index (χ0) is 80.4. The Kier molecular flexibility index (Phi) is 82.1. The maximum Gasteiger partial charge on any atom is 0.472 e. The highest BCUT2D eigenvalue weighted by Crippen LogP contribution is 2.45. The predicted molar refractivity (Wildman–Crippen MR) is 455 cm³/mol. The Hall–Kier alpha value is -1.94. The Balaban J connectivity index is 5.21. The SMILES string of the molecule is CCCCCCCCCCCCCCCCCCCCCCC(=O)OC[C@H](COP(=O)(O)OC[C@@H](O)COP(=O)(O)OC[C@@H](COC(=O)CCCCCCCCCC(C)C)OC(=O)CCCCCCCCCCCCCCCCCCCCCC)OC(=O)CCCCCCCCCCCCCCCCCCCCCC. The largest absolute Gasteiger partial charge is 0.472 e. The first kappa shape index (κ1) is 108. The van der Waals surface area contributed by atoms with Crippen molar-refractivity contribution in [2.24, 2.45) is 5.92 Å². The van der Waals surface area contributed by atoms with Crippen LogP contribution in [0, 0.1) is 5.92 Å². The molecule has 17 nitrogen and oxygen atoms in total. The summed E-state index contributed by atoms with van der Waals surface area (Å²) in [6, 6.07) is 0. The second-order valence-corrected chi connectivity index (χ2v) is 36.1. The summed E-state index contributed by atoms with van der Waals surface area (Å²) in [4.78, 5) is 73.4. The number of rotatable bonds is 91. The van der Waals surface area contributed by atoms with Gasteiger partial charge in [0.2, 0.25) is 0 Å². The van der Waals surface area contributed by atoms with Crippen molar-refractivity contribution in [1.29, 1.82) is 0 Å². The lowest BCUT2D eigenvalue weighted by Gasteiger charge is -2.21. The Morgan fingerprint density at radius 1 is 0.245 bits per heavy atom. The van der Waals surface area contributed by atoms with Crippen molar-refractivity contribution in [3.8, 4) is 0 Å². The van der Waals surface area contributed by atoms with Crippen molar-refractivity contribution in [3.63, 3.8) is 0 Å². The Labute approximate surface area is 677 Å². The third-order valence-electron chi connectivity index (χ3n) is 21.5. The average molecular weight is 1610 g/mol. The van der Waals surface area contributed by atoms with Crippen molar-refractivity contribution >= 4 is 39.5 Å². The number of aliphatic hydroxyl groups excluding tert-OH is 1. The Morgan fingerprint density at radius 3 is 0.618 bits per heavy atom. The zero-order valence-electron chi connectivity index (χ0n) is 72.4. The molecule has 0 aliphatic carbocycles. The molecular weight excluding hydrogens is 1430 g/mol. The molecule has 0 fully saturated rings. The van der Waals surface area contributed by atoms with Crippen molar-refractivity contribution < 1.29 is 80.2 Å². The highest BCUT2D eigenvalue weighted by molar-refractivity contribution is 7.47. The number of unbranched alkanes of at least 4 members (excludes halogenated alkanes) is 63. The van der Waals surface area contributed by atoms with Gasteiger partial charge in [-0.3, -0.25) is 37.3 Å². The molecule has 654 valence electrons. The van der Waals surface area contributed by atoms with E-state index in [9.17, 15) is 43.2 Å². The second-order valence-electron chi connectivity index (χ2n) is 33.2. The molecule has 0 heterocycles. The van der Waals surface area contributed by atoms with Gasteiger partial charge in [0.05, 0.1) is 26.4 Å². The smallest absolute Gasteiger partial charge is 0.462 e.